The number of rotatable bonds is 6. The molecule has 0 unspecified atom stereocenters. The van der Waals surface area contributed by atoms with Crippen molar-refractivity contribution in [2.45, 2.75) is 27.7 Å². The normalized spacial score (nSPS) is 10.9. The van der Waals surface area contributed by atoms with Crippen LogP contribution in [0.3, 0.4) is 0 Å². The highest BCUT2D eigenvalue weighted by Gasteiger charge is 2.05. The van der Waals surface area contributed by atoms with Crippen molar-refractivity contribution in [2.24, 2.45) is 11.8 Å². The van der Waals surface area contributed by atoms with E-state index in [1.165, 1.54) is 0 Å². The number of pyridine rings is 1. The van der Waals surface area contributed by atoms with Crippen molar-refractivity contribution < 1.29 is 4.74 Å². The first-order valence-electron chi connectivity index (χ1n) is 6.12. The zero-order chi connectivity index (χ0) is 12.8. The van der Waals surface area contributed by atoms with Crippen molar-refractivity contribution in [2.75, 3.05) is 24.2 Å². The van der Waals surface area contributed by atoms with Gasteiger partial charge in [-0.05, 0) is 24.0 Å². The number of aromatic nitrogens is 1. The quantitative estimate of drug-likeness (QED) is 0.798. The first-order chi connectivity index (χ1) is 7.99. The predicted octanol–water partition coefficient (Wildman–Crippen LogP) is 2.77. The Labute approximate surface area is 104 Å². The minimum Gasteiger partial charge on any atom is -0.476 e. The van der Waals surface area contributed by atoms with Crippen LogP contribution in [0.5, 0.6) is 5.88 Å². The lowest BCUT2D eigenvalue weighted by Gasteiger charge is -2.13. The molecule has 1 rings (SSSR count). The van der Waals surface area contributed by atoms with E-state index < -0.39 is 0 Å². The van der Waals surface area contributed by atoms with Crippen LogP contribution in [0.25, 0.3) is 0 Å². The Morgan fingerprint density at radius 2 is 1.94 bits per heavy atom. The van der Waals surface area contributed by atoms with Crippen LogP contribution in [-0.4, -0.2) is 18.1 Å². The van der Waals surface area contributed by atoms with Gasteiger partial charge in [0.05, 0.1) is 12.3 Å². The Kier molecular flexibility index (Phi) is 5.07. The summed E-state index contributed by atoms with van der Waals surface area (Å²) in [5.74, 6) is 2.37. The molecule has 0 aliphatic heterocycles. The Balaban J connectivity index is 2.65. The highest BCUT2D eigenvalue weighted by atomic mass is 16.5. The highest BCUT2D eigenvalue weighted by Crippen LogP contribution is 2.21. The molecule has 0 atom stereocenters. The lowest BCUT2D eigenvalue weighted by molar-refractivity contribution is 0.263. The summed E-state index contributed by atoms with van der Waals surface area (Å²) < 4.78 is 5.57. The Hall–Kier alpha value is -1.45. The van der Waals surface area contributed by atoms with Crippen molar-refractivity contribution in [3.63, 3.8) is 0 Å². The molecule has 4 heteroatoms. The molecule has 0 aliphatic carbocycles. The van der Waals surface area contributed by atoms with Crippen LogP contribution in [-0.2, 0) is 0 Å². The Bertz CT molecular complexity index is 351. The van der Waals surface area contributed by atoms with Crippen LogP contribution in [0, 0.1) is 11.8 Å². The van der Waals surface area contributed by atoms with Gasteiger partial charge in [-0.15, -0.1) is 0 Å². The van der Waals surface area contributed by atoms with E-state index in [1.807, 2.05) is 12.1 Å². The molecule has 96 valence electrons. The smallest absolute Gasteiger partial charge is 0.239 e. The highest BCUT2D eigenvalue weighted by molar-refractivity contribution is 5.53. The Morgan fingerprint density at radius 3 is 2.53 bits per heavy atom. The number of hydrogen-bond donors (Lipinski definition) is 2. The molecule has 1 aromatic heterocycles. The van der Waals surface area contributed by atoms with Gasteiger partial charge < -0.3 is 15.8 Å². The molecule has 0 aromatic carbocycles. The first-order valence-corrected chi connectivity index (χ1v) is 6.12. The second-order valence-corrected chi connectivity index (χ2v) is 5.07. The second-order valence-electron chi connectivity index (χ2n) is 5.07. The van der Waals surface area contributed by atoms with Gasteiger partial charge in [-0.2, -0.15) is 4.98 Å². The van der Waals surface area contributed by atoms with Gasteiger partial charge in [-0.1, -0.05) is 27.7 Å². The van der Waals surface area contributed by atoms with E-state index in [4.69, 9.17) is 10.5 Å². The maximum absolute atomic E-state index is 5.82. The second kappa shape index (κ2) is 6.33. The van der Waals surface area contributed by atoms with E-state index in [1.54, 1.807) is 0 Å². The number of hydrogen-bond acceptors (Lipinski definition) is 4. The lowest BCUT2D eigenvalue weighted by Crippen LogP contribution is -2.11. The summed E-state index contributed by atoms with van der Waals surface area (Å²) in [6.07, 6.45) is 0. The van der Waals surface area contributed by atoms with Gasteiger partial charge in [0.25, 0.3) is 0 Å². The number of nitrogens with zero attached hydrogens (tertiary/aromatic N) is 1. The predicted molar refractivity (Wildman–Crippen MR) is 72.3 cm³/mol. The van der Waals surface area contributed by atoms with Gasteiger partial charge in [0.15, 0.2) is 0 Å². The zero-order valence-electron chi connectivity index (χ0n) is 11.2. The molecule has 4 nitrogen and oxygen atoms in total. The molecule has 0 saturated carbocycles. The number of anilines is 2. The standard InChI is InChI=1S/C13H23N3O/c1-9(2)7-15-12-6-5-11(14)13(16-12)17-8-10(3)4/h5-6,9-10H,7-8,14H2,1-4H3,(H,15,16). The fourth-order valence-corrected chi connectivity index (χ4v) is 1.22. The van der Waals surface area contributed by atoms with Crippen LogP contribution >= 0.6 is 0 Å². The molecule has 1 aromatic rings. The molecule has 0 bridgehead atoms. The summed E-state index contributed by atoms with van der Waals surface area (Å²) >= 11 is 0. The monoisotopic (exact) mass is 237 g/mol. The van der Waals surface area contributed by atoms with Crippen molar-refractivity contribution in [1.82, 2.24) is 4.98 Å². The van der Waals surface area contributed by atoms with Crippen LogP contribution in [0.1, 0.15) is 27.7 Å². The Morgan fingerprint density at radius 1 is 1.24 bits per heavy atom. The zero-order valence-corrected chi connectivity index (χ0v) is 11.2. The molecule has 0 fully saturated rings. The summed E-state index contributed by atoms with van der Waals surface area (Å²) in [6, 6.07) is 3.70. The molecule has 0 amide bonds. The first kappa shape index (κ1) is 13.6. The third-order valence-electron chi connectivity index (χ3n) is 2.13. The summed E-state index contributed by atoms with van der Waals surface area (Å²) in [4.78, 5) is 4.36. The van der Waals surface area contributed by atoms with E-state index in [0.29, 0.717) is 30.0 Å². The van der Waals surface area contributed by atoms with E-state index in [0.717, 1.165) is 12.4 Å². The van der Waals surface area contributed by atoms with Gasteiger partial charge in [0.2, 0.25) is 5.88 Å². The molecular weight excluding hydrogens is 214 g/mol. The van der Waals surface area contributed by atoms with Gasteiger partial charge in [-0.25, -0.2) is 0 Å². The topological polar surface area (TPSA) is 60.2 Å². The maximum Gasteiger partial charge on any atom is 0.239 e. The van der Waals surface area contributed by atoms with Crippen LogP contribution < -0.4 is 15.8 Å². The minimum atomic E-state index is 0.462. The fourth-order valence-electron chi connectivity index (χ4n) is 1.22. The maximum atomic E-state index is 5.82. The van der Waals surface area contributed by atoms with Gasteiger partial charge in [0, 0.05) is 6.54 Å². The molecular formula is C13H23N3O. The molecule has 0 spiro atoms. The average Bonchev–Trinajstić information content (AvgIpc) is 2.26. The SMILES string of the molecule is CC(C)CNc1ccc(N)c(OCC(C)C)n1. The van der Waals surface area contributed by atoms with Gasteiger partial charge in [-0.3, -0.25) is 0 Å². The molecule has 17 heavy (non-hydrogen) atoms. The van der Waals surface area contributed by atoms with E-state index in [2.05, 4.69) is 38.0 Å². The lowest BCUT2D eigenvalue weighted by atomic mass is 10.2. The van der Waals surface area contributed by atoms with Gasteiger partial charge >= 0.3 is 0 Å². The number of nitrogens with two attached hydrogens (primary N) is 1. The summed E-state index contributed by atoms with van der Waals surface area (Å²) in [5.41, 5.74) is 6.40. The molecule has 0 saturated heterocycles. The third kappa shape index (κ3) is 4.93. The summed E-state index contributed by atoms with van der Waals surface area (Å²) in [6.45, 7) is 10.0. The number of nitrogen functional groups attached to an aromatic ring is 1. The third-order valence-corrected chi connectivity index (χ3v) is 2.13. The van der Waals surface area contributed by atoms with Crippen molar-refractivity contribution >= 4 is 11.5 Å². The van der Waals surface area contributed by atoms with Crippen molar-refractivity contribution in [3.8, 4) is 5.88 Å². The van der Waals surface area contributed by atoms with Gasteiger partial charge in [0.1, 0.15) is 5.82 Å². The summed E-state index contributed by atoms with van der Waals surface area (Å²) in [7, 11) is 0. The van der Waals surface area contributed by atoms with E-state index >= 15 is 0 Å². The molecule has 3 N–H and O–H groups in total. The van der Waals surface area contributed by atoms with Crippen molar-refractivity contribution in [1.29, 1.82) is 0 Å². The minimum absolute atomic E-state index is 0.462. The average molecular weight is 237 g/mol. The fraction of sp³-hybridized carbons (Fsp3) is 0.615. The largest absolute Gasteiger partial charge is 0.476 e. The number of nitrogens with one attached hydrogen (secondary N) is 1. The van der Waals surface area contributed by atoms with Crippen LogP contribution in [0.2, 0.25) is 0 Å². The molecule has 1 heterocycles. The van der Waals surface area contributed by atoms with Crippen LogP contribution in [0.15, 0.2) is 12.1 Å². The van der Waals surface area contributed by atoms with Crippen LogP contribution in [0.4, 0.5) is 11.5 Å². The number of ether oxygens (including phenoxy) is 1. The molecule has 0 radical (unpaired) electrons. The van der Waals surface area contributed by atoms with E-state index in [9.17, 15) is 0 Å². The molecule has 0 aliphatic rings. The van der Waals surface area contributed by atoms with Crippen molar-refractivity contribution in [3.05, 3.63) is 12.1 Å². The van der Waals surface area contributed by atoms with E-state index in [-0.39, 0.29) is 0 Å². The summed E-state index contributed by atoms with van der Waals surface area (Å²) in [5, 5.41) is 3.25.